The number of primary amides is 1. The number of methoxy groups -OCH3 is 1. The molecule has 8 amide bonds. The number of piperidine rings is 3. The minimum absolute atomic E-state index is 0.0359. The van der Waals surface area contributed by atoms with E-state index in [4.69, 9.17) is 65.3 Å². The zero-order valence-electron chi connectivity index (χ0n) is 62.6. The van der Waals surface area contributed by atoms with E-state index in [0.29, 0.717) is 186 Å². The van der Waals surface area contributed by atoms with Crippen molar-refractivity contribution in [3.05, 3.63) is 89.0 Å². The molecular weight excluding hydrogens is 1430 g/mol. The second kappa shape index (κ2) is 42.7. The highest BCUT2D eigenvalue weighted by Crippen LogP contribution is 2.42. The predicted molar refractivity (Wildman–Crippen MR) is 403 cm³/mol. The molecule has 592 valence electrons. The quantitative estimate of drug-likeness (QED) is 0.0265. The van der Waals surface area contributed by atoms with Gasteiger partial charge in [0.05, 0.1) is 161 Å². The molecule has 3 aromatic carbocycles. The maximum absolute atomic E-state index is 13.4. The Labute approximate surface area is 638 Å². The molecule has 4 aliphatic heterocycles. The summed E-state index contributed by atoms with van der Waals surface area (Å²) in [5.74, 6) is -1.51. The van der Waals surface area contributed by atoms with Gasteiger partial charge in [0.2, 0.25) is 29.5 Å². The first-order valence-electron chi connectivity index (χ1n) is 37.5. The molecule has 0 spiro atoms. The number of amides is 8. The molecule has 109 heavy (non-hydrogen) atoms. The van der Waals surface area contributed by atoms with Crippen LogP contribution in [0.25, 0.3) is 32.9 Å². The molecule has 0 saturated carbocycles. The number of hydrogen-bond donors (Lipinski definition) is 5. The lowest BCUT2D eigenvalue weighted by Gasteiger charge is -2.37. The normalized spacial score (nSPS) is 15.8. The van der Waals surface area contributed by atoms with Crippen molar-refractivity contribution < 1.29 is 81.0 Å². The summed E-state index contributed by atoms with van der Waals surface area (Å²) in [6.45, 7) is 10.6. The number of carbonyl (C=O) groups is 8. The Kier molecular flexibility index (Phi) is 32.2. The predicted octanol–water partition coefficient (Wildman–Crippen LogP) is 4.15. The molecule has 33 nitrogen and oxygen atoms in total. The van der Waals surface area contributed by atoms with Crippen LogP contribution in [0.5, 0.6) is 0 Å². The molecular formula is C75H103ClN16O17. The van der Waals surface area contributed by atoms with Gasteiger partial charge in [-0.05, 0) is 85.9 Å². The van der Waals surface area contributed by atoms with Gasteiger partial charge in [0, 0.05) is 119 Å². The molecule has 0 aliphatic carbocycles. The van der Waals surface area contributed by atoms with Crippen molar-refractivity contribution >= 4 is 98.2 Å². The Balaban J connectivity index is 0.486. The Morgan fingerprint density at radius 3 is 1.80 bits per heavy atom. The molecule has 10 rings (SSSR count). The van der Waals surface area contributed by atoms with Crippen molar-refractivity contribution in [2.75, 3.05) is 202 Å². The lowest BCUT2D eigenvalue weighted by atomic mass is 9.89. The van der Waals surface area contributed by atoms with Crippen molar-refractivity contribution in [2.45, 2.75) is 82.2 Å². The molecule has 3 aromatic heterocycles. The topological polar surface area (TPSA) is 371 Å². The van der Waals surface area contributed by atoms with Gasteiger partial charge in [-0.2, -0.15) is 10.2 Å². The standard InChI is InChI=1S/C75H103ClN16O17/c1-86-26-27-91(75(86)100)57-6-5-21-90(50-57)63-47-81-72(73(77)99)74(84-63)83-56-11-9-52(10-12-56)53-15-22-89(23-16-53)68(97)19-28-102-30-32-104-34-36-106-38-40-108-42-43-109-41-39-107-37-35-105-33-31-103-29-20-78-64(93)13-14-67(96)88-24-17-54(18-25-88)71-70-58(59-45-62-55(44-60(59)76)46-82-87(62)2)7-4-8-61(70)92(85-71)51-66(95)79-48-65(94)80-49-69(98)101-3/h4,7-12,44-47,53-54,57H,5-6,13-43,48-51H2,1-3H3,(H2,77,99)(H,78,93)(H,79,95)(H,80,94)(H,83,84)/t57-/m1/s1. The summed E-state index contributed by atoms with van der Waals surface area (Å²) in [6.07, 6.45) is 8.41. The number of likely N-dealkylation sites (tertiary alicyclic amines) is 2. The average Bonchev–Trinajstić information content (AvgIpc) is 1.61. The zero-order chi connectivity index (χ0) is 76.9. The number of ether oxygens (including phenoxy) is 9. The average molecular weight is 1540 g/mol. The first kappa shape index (κ1) is 82.3. The molecule has 6 N–H and O–H groups in total. The number of nitrogens with zero attached hydrogens (tertiary/aromatic N) is 11. The van der Waals surface area contributed by atoms with E-state index in [9.17, 15) is 38.4 Å². The summed E-state index contributed by atoms with van der Waals surface area (Å²) in [4.78, 5) is 120. The number of anilines is 3. The highest BCUT2D eigenvalue weighted by Gasteiger charge is 2.36. The number of halogens is 1. The van der Waals surface area contributed by atoms with Gasteiger partial charge in [0.1, 0.15) is 18.9 Å². The van der Waals surface area contributed by atoms with Crippen LogP contribution in [0.2, 0.25) is 5.02 Å². The van der Waals surface area contributed by atoms with Crippen LogP contribution in [0.15, 0.2) is 67.0 Å². The Bertz CT molecular complexity index is 4000. The van der Waals surface area contributed by atoms with E-state index in [1.165, 1.54) is 12.7 Å². The van der Waals surface area contributed by atoms with Gasteiger partial charge in [-0.3, -0.25) is 42.9 Å². The first-order chi connectivity index (χ1) is 53.0. The number of hydrogen-bond acceptors (Lipinski definition) is 23. The molecule has 0 bridgehead atoms. The fourth-order valence-corrected chi connectivity index (χ4v) is 14.0. The summed E-state index contributed by atoms with van der Waals surface area (Å²) in [5.41, 5.74) is 11.6. The number of urea groups is 1. The van der Waals surface area contributed by atoms with E-state index in [2.05, 4.69) is 53.1 Å². The molecule has 0 unspecified atom stereocenters. The van der Waals surface area contributed by atoms with E-state index >= 15 is 0 Å². The van der Waals surface area contributed by atoms with Gasteiger partial charge in [-0.25, -0.2) is 14.8 Å². The van der Waals surface area contributed by atoms with Crippen LogP contribution >= 0.6 is 11.6 Å². The Hall–Kier alpha value is -9.19. The number of esters is 1. The third-order valence-electron chi connectivity index (χ3n) is 19.7. The summed E-state index contributed by atoms with van der Waals surface area (Å²) in [7, 11) is 4.89. The second-order valence-corrected chi connectivity index (χ2v) is 27.4. The fraction of sp³-hybridized carbons (Fsp3) is 0.573. The van der Waals surface area contributed by atoms with Crippen molar-refractivity contribution in [1.29, 1.82) is 0 Å². The van der Waals surface area contributed by atoms with E-state index in [-0.39, 0.29) is 92.9 Å². The van der Waals surface area contributed by atoms with Gasteiger partial charge in [0.25, 0.3) is 5.91 Å². The number of carbonyl (C=O) groups excluding carboxylic acids is 8. The molecule has 34 heteroatoms. The van der Waals surface area contributed by atoms with Crippen LogP contribution in [0.3, 0.4) is 0 Å². The maximum Gasteiger partial charge on any atom is 0.325 e. The number of likely N-dealkylation sites (N-methyl/N-ethyl adjacent to an activating group) is 1. The minimum Gasteiger partial charge on any atom is -0.468 e. The van der Waals surface area contributed by atoms with Crippen LogP contribution in [-0.4, -0.2) is 294 Å². The van der Waals surface area contributed by atoms with Gasteiger partial charge < -0.3 is 94.1 Å². The van der Waals surface area contributed by atoms with Gasteiger partial charge in [-0.15, -0.1) is 0 Å². The summed E-state index contributed by atoms with van der Waals surface area (Å²) in [6, 6.07) is 17.7. The summed E-state index contributed by atoms with van der Waals surface area (Å²) >= 11 is 6.95. The number of benzene rings is 3. The second-order valence-electron chi connectivity index (χ2n) is 27.0. The number of rotatable bonds is 44. The van der Waals surface area contributed by atoms with E-state index in [1.807, 2.05) is 66.4 Å². The minimum atomic E-state index is -0.684. The third-order valence-corrected chi connectivity index (χ3v) is 20.0. The van der Waals surface area contributed by atoms with E-state index in [1.54, 1.807) is 31.6 Å². The van der Waals surface area contributed by atoms with E-state index < -0.39 is 23.7 Å². The van der Waals surface area contributed by atoms with Crippen LogP contribution in [-0.2, 0) is 85.0 Å². The Morgan fingerprint density at radius 2 is 1.19 bits per heavy atom. The molecule has 1 atom stereocenters. The molecule has 0 radical (unpaired) electrons. The first-order valence-corrected chi connectivity index (χ1v) is 37.9. The molecule has 7 heterocycles. The molecule has 6 aromatic rings. The lowest BCUT2D eigenvalue weighted by Crippen LogP contribution is -2.49. The molecule has 4 saturated heterocycles. The lowest BCUT2D eigenvalue weighted by molar-refractivity contribution is -0.141. The van der Waals surface area contributed by atoms with Crippen molar-refractivity contribution in [3.63, 3.8) is 0 Å². The fourth-order valence-electron chi connectivity index (χ4n) is 13.7. The number of aryl methyl sites for hydroxylation is 1. The van der Waals surface area contributed by atoms with Crippen molar-refractivity contribution in [3.8, 4) is 11.1 Å². The molecule has 4 fully saturated rings. The van der Waals surface area contributed by atoms with Gasteiger partial charge >= 0.3 is 12.0 Å². The van der Waals surface area contributed by atoms with Crippen molar-refractivity contribution in [2.24, 2.45) is 12.8 Å². The van der Waals surface area contributed by atoms with E-state index in [0.717, 1.165) is 71.0 Å². The van der Waals surface area contributed by atoms with Gasteiger partial charge in [-0.1, -0.05) is 35.9 Å². The molecule has 4 aliphatic rings. The summed E-state index contributed by atoms with van der Waals surface area (Å²) < 4.78 is 52.8. The number of aromatic nitrogens is 6. The monoisotopic (exact) mass is 1530 g/mol. The van der Waals surface area contributed by atoms with Crippen LogP contribution in [0.1, 0.15) is 91.4 Å². The van der Waals surface area contributed by atoms with Crippen LogP contribution in [0, 0.1) is 0 Å². The smallest absolute Gasteiger partial charge is 0.325 e. The largest absolute Gasteiger partial charge is 0.468 e. The Morgan fingerprint density at radius 1 is 0.596 bits per heavy atom. The van der Waals surface area contributed by atoms with Crippen LogP contribution < -0.4 is 31.9 Å². The number of fused-ring (bicyclic) bond motifs is 2. The highest BCUT2D eigenvalue weighted by molar-refractivity contribution is 6.34. The van der Waals surface area contributed by atoms with Gasteiger partial charge in [0.15, 0.2) is 11.5 Å². The van der Waals surface area contributed by atoms with Crippen LogP contribution in [0.4, 0.5) is 22.1 Å². The number of nitrogens with two attached hydrogens (primary N) is 1. The maximum atomic E-state index is 13.4. The summed E-state index contributed by atoms with van der Waals surface area (Å²) in [5, 5.41) is 22.7. The van der Waals surface area contributed by atoms with Crippen molar-refractivity contribution in [1.82, 2.24) is 65.1 Å². The zero-order valence-corrected chi connectivity index (χ0v) is 63.3. The SMILES string of the molecule is COC(=O)CNC(=O)CNC(=O)Cn1nc(C2CCN(C(=O)CCC(=O)NCCOCCOCCOCCOCCOCCOCCOCCOCCC(=O)N3CCC(c4ccc(Nc5nc(N6CCC[C@@H](N7CCN(C)C7=O)C6)cnc5C(N)=O)cc4)CC3)CC2)c2c(-c3cc4c(cnn4C)cc3Cl)cccc21. The highest BCUT2D eigenvalue weighted by atomic mass is 35.5. The third kappa shape index (κ3) is 24.4. The number of nitrogens with one attached hydrogen (secondary N) is 4.